The molecule has 0 atom stereocenters. The standard InChI is InChI=1S/C12H14N2Si/c1-15(2,3)7-5-11-9-13-8-10-4-6-14-12(10)11/h6,8-9H,4H2,1-3H3. The van der Waals surface area contributed by atoms with Gasteiger partial charge in [-0.15, -0.1) is 5.54 Å². The van der Waals surface area contributed by atoms with Crippen LogP contribution in [-0.2, 0) is 6.42 Å². The Labute approximate surface area is 91.5 Å². The van der Waals surface area contributed by atoms with Crippen molar-refractivity contribution in [3.8, 4) is 11.5 Å². The van der Waals surface area contributed by atoms with E-state index < -0.39 is 8.07 Å². The molecule has 0 radical (unpaired) electrons. The summed E-state index contributed by atoms with van der Waals surface area (Å²) in [5.74, 6) is 3.22. The molecule has 2 nitrogen and oxygen atoms in total. The number of hydrogen-bond acceptors (Lipinski definition) is 2. The molecule has 2 rings (SSSR count). The number of nitrogens with zero attached hydrogens (tertiary/aromatic N) is 2. The molecule has 15 heavy (non-hydrogen) atoms. The Morgan fingerprint density at radius 1 is 1.27 bits per heavy atom. The zero-order valence-electron chi connectivity index (χ0n) is 9.33. The van der Waals surface area contributed by atoms with E-state index in [0.29, 0.717) is 0 Å². The molecule has 2 heterocycles. The second-order valence-corrected chi connectivity index (χ2v) is 9.46. The van der Waals surface area contributed by atoms with E-state index in [1.807, 2.05) is 18.6 Å². The van der Waals surface area contributed by atoms with E-state index >= 15 is 0 Å². The normalized spacial score (nSPS) is 13.3. The summed E-state index contributed by atoms with van der Waals surface area (Å²) in [5.41, 5.74) is 6.53. The first-order valence-corrected chi connectivity index (χ1v) is 8.59. The van der Waals surface area contributed by atoms with Crippen LogP contribution in [-0.4, -0.2) is 19.3 Å². The van der Waals surface area contributed by atoms with E-state index in [1.165, 1.54) is 5.56 Å². The number of aromatic nitrogens is 1. The van der Waals surface area contributed by atoms with Gasteiger partial charge in [0.05, 0.1) is 11.3 Å². The molecule has 0 saturated heterocycles. The van der Waals surface area contributed by atoms with Crippen molar-refractivity contribution in [2.24, 2.45) is 4.99 Å². The minimum Gasteiger partial charge on any atom is -0.263 e. The molecule has 3 heteroatoms. The van der Waals surface area contributed by atoms with Gasteiger partial charge in [-0.3, -0.25) is 9.98 Å². The summed E-state index contributed by atoms with van der Waals surface area (Å²) in [6, 6.07) is 0. The number of rotatable bonds is 0. The molecule has 0 aliphatic carbocycles. The van der Waals surface area contributed by atoms with Crippen molar-refractivity contribution in [1.82, 2.24) is 4.98 Å². The highest BCUT2D eigenvalue weighted by Gasteiger charge is 2.11. The SMILES string of the molecule is C[Si](C)(C)C#Cc1cncc2c1N=CC2. The van der Waals surface area contributed by atoms with E-state index in [2.05, 4.69) is 41.1 Å². The molecule has 1 aliphatic heterocycles. The van der Waals surface area contributed by atoms with Gasteiger partial charge in [0.1, 0.15) is 8.07 Å². The fraction of sp³-hybridized carbons (Fsp3) is 0.333. The molecule has 0 unspecified atom stereocenters. The maximum atomic E-state index is 4.35. The Bertz CT molecular complexity index is 473. The summed E-state index contributed by atoms with van der Waals surface area (Å²) in [6.07, 6.45) is 6.51. The maximum absolute atomic E-state index is 4.35. The fourth-order valence-electron chi connectivity index (χ4n) is 1.38. The fourth-order valence-corrected chi connectivity index (χ4v) is 1.89. The van der Waals surface area contributed by atoms with E-state index in [9.17, 15) is 0 Å². The monoisotopic (exact) mass is 214 g/mol. The van der Waals surface area contributed by atoms with Crippen molar-refractivity contribution < 1.29 is 0 Å². The summed E-state index contributed by atoms with van der Waals surface area (Å²) >= 11 is 0. The number of aliphatic imine (C=N–C) groups is 1. The largest absolute Gasteiger partial charge is 0.263 e. The molecular formula is C12H14N2Si. The third kappa shape index (κ3) is 2.34. The Morgan fingerprint density at radius 2 is 2.07 bits per heavy atom. The van der Waals surface area contributed by atoms with Crippen molar-refractivity contribution in [3.05, 3.63) is 23.5 Å². The van der Waals surface area contributed by atoms with Gasteiger partial charge < -0.3 is 0 Å². The van der Waals surface area contributed by atoms with Crippen LogP contribution in [0.15, 0.2) is 17.4 Å². The van der Waals surface area contributed by atoms with E-state index in [1.54, 1.807) is 0 Å². The zero-order chi connectivity index (χ0) is 10.9. The minimum absolute atomic E-state index is 0.894. The molecule has 1 aromatic heterocycles. The minimum atomic E-state index is -1.31. The lowest BCUT2D eigenvalue weighted by molar-refractivity contribution is 1.24. The predicted octanol–water partition coefficient (Wildman–Crippen LogP) is 2.57. The number of hydrogen-bond donors (Lipinski definition) is 0. The van der Waals surface area contributed by atoms with Crippen LogP contribution in [0.25, 0.3) is 0 Å². The third-order valence-corrected chi connectivity index (χ3v) is 2.97. The first-order chi connectivity index (χ1) is 7.06. The molecular weight excluding hydrogens is 200 g/mol. The van der Waals surface area contributed by atoms with Crippen molar-refractivity contribution in [2.75, 3.05) is 0 Å². The summed E-state index contributed by atoms with van der Waals surface area (Å²) < 4.78 is 0. The molecule has 0 spiro atoms. The van der Waals surface area contributed by atoms with Crippen LogP contribution in [0.5, 0.6) is 0 Å². The first-order valence-electron chi connectivity index (χ1n) is 5.09. The van der Waals surface area contributed by atoms with Crippen LogP contribution in [0.3, 0.4) is 0 Å². The molecule has 0 aromatic carbocycles. The summed E-state index contributed by atoms with van der Waals surface area (Å²) in [7, 11) is -1.31. The topological polar surface area (TPSA) is 25.2 Å². The summed E-state index contributed by atoms with van der Waals surface area (Å²) in [4.78, 5) is 8.54. The predicted molar refractivity (Wildman–Crippen MR) is 66.3 cm³/mol. The van der Waals surface area contributed by atoms with E-state index in [4.69, 9.17) is 0 Å². The van der Waals surface area contributed by atoms with Crippen LogP contribution >= 0.6 is 0 Å². The molecule has 0 fully saturated rings. The Balaban J connectivity index is 2.41. The second-order valence-electron chi connectivity index (χ2n) is 4.71. The van der Waals surface area contributed by atoms with Crippen LogP contribution in [0, 0.1) is 11.5 Å². The Kier molecular flexibility index (Phi) is 2.45. The number of pyridine rings is 1. The average Bonchev–Trinajstić information content (AvgIpc) is 2.61. The van der Waals surface area contributed by atoms with Gasteiger partial charge in [0, 0.05) is 30.6 Å². The molecule has 0 amide bonds. The lowest BCUT2D eigenvalue weighted by Crippen LogP contribution is -2.16. The smallest absolute Gasteiger partial charge is 0.129 e. The molecule has 1 aliphatic rings. The Hall–Kier alpha value is -1.40. The van der Waals surface area contributed by atoms with E-state index in [0.717, 1.165) is 17.7 Å². The highest BCUT2D eigenvalue weighted by atomic mass is 28.3. The van der Waals surface area contributed by atoms with Gasteiger partial charge in [-0.05, 0) is 0 Å². The highest BCUT2D eigenvalue weighted by Crippen LogP contribution is 2.26. The van der Waals surface area contributed by atoms with Crippen LogP contribution in [0.4, 0.5) is 5.69 Å². The second kappa shape index (κ2) is 3.63. The van der Waals surface area contributed by atoms with Gasteiger partial charge in [-0.25, -0.2) is 0 Å². The Morgan fingerprint density at radius 3 is 2.80 bits per heavy atom. The zero-order valence-corrected chi connectivity index (χ0v) is 10.3. The molecule has 76 valence electrons. The van der Waals surface area contributed by atoms with Gasteiger partial charge in [0.2, 0.25) is 0 Å². The molecule has 0 saturated carbocycles. The third-order valence-electron chi connectivity index (χ3n) is 2.10. The lowest BCUT2D eigenvalue weighted by atomic mass is 10.1. The maximum Gasteiger partial charge on any atom is 0.129 e. The molecule has 0 bridgehead atoms. The van der Waals surface area contributed by atoms with Gasteiger partial charge in [0.15, 0.2) is 0 Å². The van der Waals surface area contributed by atoms with Gasteiger partial charge >= 0.3 is 0 Å². The quantitative estimate of drug-likeness (QED) is 0.481. The number of fused-ring (bicyclic) bond motifs is 1. The van der Waals surface area contributed by atoms with Crippen LogP contribution in [0.2, 0.25) is 19.6 Å². The molecule has 1 aromatic rings. The van der Waals surface area contributed by atoms with Crippen LogP contribution in [0.1, 0.15) is 11.1 Å². The van der Waals surface area contributed by atoms with Crippen molar-refractivity contribution >= 4 is 20.0 Å². The van der Waals surface area contributed by atoms with Crippen molar-refractivity contribution in [3.63, 3.8) is 0 Å². The van der Waals surface area contributed by atoms with Crippen LogP contribution < -0.4 is 0 Å². The van der Waals surface area contributed by atoms with Gasteiger partial charge in [-0.1, -0.05) is 25.6 Å². The average molecular weight is 214 g/mol. The van der Waals surface area contributed by atoms with Gasteiger partial charge in [-0.2, -0.15) is 0 Å². The van der Waals surface area contributed by atoms with Gasteiger partial charge in [0.25, 0.3) is 0 Å². The highest BCUT2D eigenvalue weighted by molar-refractivity contribution is 6.83. The summed E-state index contributed by atoms with van der Waals surface area (Å²) in [6.45, 7) is 6.71. The first kappa shape index (κ1) is 10.1. The van der Waals surface area contributed by atoms with Crippen molar-refractivity contribution in [2.45, 2.75) is 26.1 Å². The lowest BCUT2D eigenvalue weighted by Gasteiger charge is -2.04. The van der Waals surface area contributed by atoms with Crippen molar-refractivity contribution in [1.29, 1.82) is 0 Å². The van der Waals surface area contributed by atoms with E-state index in [-0.39, 0.29) is 0 Å². The summed E-state index contributed by atoms with van der Waals surface area (Å²) in [5, 5.41) is 0. The molecule has 0 N–H and O–H groups in total.